The normalized spacial score (nSPS) is 10.4. The van der Waals surface area contributed by atoms with E-state index in [1.165, 1.54) is 6.92 Å². The fourth-order valence-corrected chi connectivity index (χ4v) is 1.89. The second-order valence-electron chi connectivity index (χ2n) is 3.77. The van der Waals surface area contributed by atoms with Crippen molar-refractivity contribution < 1.29 is 14.3 Å². The van der Waals surface area contributed by atoms with Crippen LogP contribution in [0.1, 0.15) is 23.0 Å². The van der Waals surface area contributed by atoms with Gasteiger partial charge in [-0.25, -0.2) is 0 Å². The van der Waals surface area contributed by atoms with Crippen molar-refractivity contribution in [3.05, 3.63) is 35.5 Å². The maximum atomic E-state index is 11.0. The Morgan fingerprint density at radius 1 is 1.41 bits per heavy atom. The lowest BCUT2D eigenvalue weighted by Gasteiger charge is -2.01. The van der Waals surface area contributed by atoms with Crippen LogP contribution in [0, 0.1) is 0 Å². The molecule has 0 saturated carbocycles. The van der Waals surface area contributed by atoms with Crippen LogP contribution in [-0.4, -0.2) is 23.8 Å². The molecular formula is C13H13NO3. The number of nitrogens with one attached hydrogen (secondary N) is 1. The van der Waals surface area contributed by atoms with Gasteiger partial charge in [-0.2, -0.15) is 0 Å². The second-order valence-corrected chi connectivity index (χ2v) is 3.77. The second kappa shape index (κ2) is 4.82. The van der Waals surface area contributed by atoms with Crippen molar-refractivity contribution in [2.45, 2.75) is 13.3 Å². The summed E-state index contributed by atoms with van der Waals surface area (Å²) in [4.78, 5) is 24.7. The summed E-state index contributed by atoms with van der Waals surface area (Å²) >= 11 is 0. The third kappa shape index (κ3) is 2.36. The van der Waals surface area contributed by atoms with Crippen LogP contribution in [0.5, 0.6) is 0 Å². The Bertz CT molecular complexity index is 557. The molecule has 1 N–H and O–H groups in total. The molecule has 0 aliphatic rings. The molecule has 4 nitrogen and oxygen atoms in total. The number of benzene rings is 1. The lowest BCUT2D eigenvalue weighted by atomic mass is 10.1. The zero-order valence-electron chi connectivity index (χ0n) is 9.53. The Kier molecular flexibility index (Phi) is 3.23. The van der Waals surface area contributed by atoms with E-state index in [1.807, 2.05) is 24.3 Å². The number of hydrogen-bond donors (Lipinski definition) is 1. The van der Waals surface area contributed by atoms with E-state index in [0.29, 0.717) is 12.1 Å². The van der Waals surface area contributed by atoms with E-state index >= 15 is 0 Å². The minimum Gasteiger partial charge on any atom is -0.466 e. The van der Waals surface area contributed by atoms with Crippen LogP contribution in [0.25, 0.3) is 10.9 Å². The number of aromatic nitrogens is 1. The molecule has 0 radical (unpaired) electrons. The quantitative estimate of drug-likeness (QED) is 0.647. The molecule has 0 aliphatic heterocycles. The predicted octanol–water partition coefficient (Wildman–Crippen LogP) is 2.09. The summed E-state index contributed by atoms with van der Waals surface area (Å²) in [7, 11) is 0. The van der Waals surface area contributed by atoms with Gasteiger partial charge in [0.1, 0.15) is 0 Å². The first kappa shape index (κ1) is 11.4. The van der Waals surface area contributed by atoms with Gasteiger partial charge in [-0.3, -0.25) is 9.59 Å². The molecule has 2 rings (SSSR count). The molecule has 1 heterocycles. The van der Waals surface area contributed by atoms with Crippen molar-refractivity contribution in [1.29, 1.82) is 0 Å². The van der Waals surface area contributed by atoms with Crippen molar-refractivity contribution in [2.75, 3.05) is 6.61 Å². The summed E-state index contributed by atoms with van der Waals surface area (Å²) < 4.78 is 4.89. The number of esters is 1. The van der Waals surface area contributed by atoms with E-state index in [1.54, 1.807) is 0 Å². The van der Waals surface area contributed by atoms with E-state index in [9.17, 15) is 9.59 Å². The molecule has 88 valence electrons. The number of carbonyl (C=O) groups excluding carboxylic acids is 2. The van der Waals surface area contributed by atoms with E-state index in [2.05, 4.69) is 4.98 Å². The highest BCUT2D eigenvalue weighted by Crippen LogP contribution is 2.21. The highest BCUT2D eigenvalue weighted by molar-refractivity contribution is 5.92. The van der Waals surface area contributed by atoms with E-state index in [4.69, 9.17) is 4.74 Å². The topological polar surface area (TPSA) is 59.2 Å². The van der Waals surface area contributed by atoms with Crippen LogP contribution in [0.15, 0.2) is 24.3 Å². The van der Waals surface area contributed by atoms with Gasteiger partial charge >= 0.3 is 5.97 Å². The fourth-order valence-electron chi connectivity index (χ4n) is 1.89. The minimum atomic E-state index is -0.308. The Morgan fingerprint density at radius 3 is 2.88 bits per heavy atom. The molecule has 0 amide bonds. The maximum absolute atomic E-state index is 11.0. The van der Waals surface area contributed by atoms with Crippen LogP contribution in [0.2, 0.25) is 0 Å². The molecule has 0 unspecified atom stereocenters. The van der Waals surface area contributed by atoms with Gasteiger partial charge in [0.15, 0.2) is 6.29 Å². The molecule has 2 aromatic rings. The van der Waals surface area contributed by atoms with E-state index in [-0.39, 0.29) is 12.6 Å². The average Bonchev–Trinajstić information content (AvgIpc) is 2.67. The lowest BCUT2D eigenvalue weighted by Crippen LogP contribution is -2.04. The zero-order chi connectivity index (χ0) is 12.3. The van der Waals surface area contributed by atoms with Crippen molar-refractivity contribution in [1.82, 2.24) is 4.98 Å². The van der Waals surface area contributed by atoms with Gasteiger partial charge in [0, 0.05) is 24.2 Å². The largest absolute Gasteiger partial charge is 0.466 e. The molecule has 4 heteroatoms. The summed E-state index contributed by atoms with van der Waals surface area (Å²) in [6.45, 7) is 1.66. The van der Waals surface area contributed by atoms with Gasteiger partial charge in [0.2, 0.25) is 0 Å². The first-order chi connectivity index (χ1) is 8.22. The zero-order valence-corrected chi connectivity index (χ0v) is 9.53. The average molecular weight is 231 g/mol. The molecule has 1 aromatic heterocycles. The number of aromatic amines is 1. The summed E-state index contributed by atoms with van der Waals surface area (Å²) in [5, 5.41) is 1.00. The van der Waals surface area contributed by atoms with Crippen LogP contribution in [0.4, 0.5) is 0 Å². The number of aldehydes is 1. The van der Waals surface area contributed by atoms with Gasteiger partial charge in [-0.05, 0) is 11.6 Å². The Balaban J connectivity index is 2.30. The van der Waals surface area contributed by atoms with Crippen LogP contribution in [-0.2, 0) is 16.0 Å². The minimum absolute atomic E-state index is 0.290. The number of hydrogen-bond acceptors (Lipinski definition) is 3. The third-order valence-electron chi connectivity index (χ3n) is 2.62. The lowest BCUT2D eigenvalue weighted by molar-refractivity contribution is -0.140. The molecule has 1 aromatic carbocycles. The van der Waals surface area contributed by atoms with Crippen LogP contribution < -0.4 is 0 Å². The standard InChI is InChI=1S/C13H13NO3/c1-9(16)17-7-6-11-10-4-2-3-5-12(10)14-13(11)8-15/h2-5,8,14H,6-7H2,1H3. The first-order valence-corrected chi connectivity index (χ1v) is 5.40. The van der Waals surface area contributed by atoms with Gasteiger partial charge < -0.3 is 9.72 Å². The van der Waals surface area contributed by atoms with E-state index in [0.717, 1.165) is 22.8 Å². The monoisotopic (exact) mass is 231 g/mol. The molecule has 17 heavy (non-hydrogen) atoms. The van der Waals surface area contributed by atoms with Crippen molar-refractivity contribution in [2.24, 2.45) is 0 Å². The Hall–Kier alpha value is -2.10. The summed E-state index contributed by atoms with van der Waals surface area (Å²) in [6.07, 6.45) is 1.33. The van der Waals surface area contributed by atoms with Gasteiger partial charge in [0.25, 0.3) is 0 Å². The number of H-pyrrole nitrogens is 1. The number of para-hydroxylation sites is 1. The molecule has 0 fully saturated rings. The van der Waals surface area contributed by atoms with Gasteiger partial charge in [0.05, 0.1) is 12.3 Å². The first-order valence-electron chi connectivity index (χ1n) is 5.40. The number of fused-ring (bicyclic) bond motifs is 1. The SMILES string of the molecule is CC(=O)OCCc1c(C=O)[nH]c2ccccc12. The van der Waals surface area contributed by atoms with E-state index < -0.39 is 0 Å². The van der Waals surface area contributed by atoms with Gasteiger partial charge in [-0.1, -0.05) is 18.2 Å². The Morgan fingerprint density at radius 2 is 2.18 bits per heavy atom. The molecule has 0 bridgehead atoms. The van der Waals surface area contributed by atoms with Crippen LogP contribution in [0.3, 0.4) is 0 Å². The summed E-state index contributed by atoms with van der Waals surface area (Å²) in [6, 6.07) is 7.68. The van der Waals surface area contributed by atoms with Crippen molar-refractivity contribution in [3.63, 3.8) is 0 Å². The summed E-state index contributed by atoms with van der Waals surface area (Å²) in [5.41, 5.74) is 2.38. The highest BCUT2D eigenvalue weighted by Gasteiger charge is 2.10. The summed E-state index contributed by atoms with van der Waals surface area (Å²) in [5.74, 6) is -0.308. The molecule has 0 saturated heterocycles. The maximum Gasteiger partial charge on any atom is 0.302 e. The highest BCUT2D eigenvalue weighted by atomic mass is 16.5. The van der Waals surface area contributed by atoms with Gasteiger partial charge in [-0.15, -0.1) is 0 Å². The molecule has 0 aliphatic carbocycles. The molecule has 0 spiro atoms. The number of carbonyl (C=O) groups is 2. The Labute approximate surface area is 98.6 Å². The number of rotatable bonds is 4. The number of ether oxygens (including phenoxy) is 1. The molecule has 0 atom stereocenters. The van der Waals surface area contributed by atoms with Crippen LogP contribution >= 0.6 is 0 Å². The van der Waals surface area contributed by atoms with Crippen molar-refractivity contribution in [3.8, 4) is 0 Å². The fraction of sp³-hybridized carbons (Fsp3) is 0.231. The van der Waals surface area contributed by atoms with Crippen molar-refractivity contribution >= 4 is 23.2 Å². The third-order valence-corrected chi connectivity index (χ3v) is 2.62. The molecular weight excluding hydrogens is 218 g/mol. The predicted molar refractivity (Wildman–Crippen MR) is 64.0 cm³/mol. The smallest absolute Gasteiger partial charge is 0.302 e.